The van der Waals surface area contributed by atoms with Crippen molar-refractivity contribution in [2.75, 3.05) is 6.54 Å². The van der Waals surface area contributed by atoms with Gasteiger partial charge in [-0.2, -0.15) is 5.26 Å². The second-order valence-corrected chi connectivity index (χ2v) is 3.67. The first kappa shape index (κ1) is 11.3. The van der Waals surface area contributed by atoms with E-state index in [-0.39, 0.29) is 0 Å². The molecule has 0 aliphatic carbocycles. The lowest BCUT2D eigenvalue weighted by Crippen LogP contribution is -2.10. The van der Waals surface area contributed by atoms with Crippen molar-refractivity contribution in [3.8, 4) is 6.07 Å². The Hall–Kier alpha value is -2.19. The van der Waals surface area contributed by atoms with Crippen molar-refractivity contribution < 1.29 is 0 Å². The highest BCUT2D eigenvalue weighted by molar-refractivity contribution is 5.25. The third-order valence-electron chi connectivity index (χ3n) is 2.46. The average Bonchev–Trinajstić information content (AvgIpc) is 2.78. The van der Waals surface area contributed by atoms with Crippen LogP contribution in [0.3, 0.4) is 0 Å². The summed E-state index contributed by atoms with van der Waals surface area (Å²) < 4.78 is 2.03. The number of hydrogen-bond donors (Lipinski definition) is 1. The first-order valence-corrected chi connectivity index (χ1v) is 5.38. The number of nitrogens with zero attached hydrogens (tertiary/aromatic N) is 4. The van der Waals surface area contributed by atoms with E-state index in [9.17, 15) is 0 Å². The lowest BCUT2D eigenvalue weighted by Gasteiger charge is -2.07. The molecule has 5 nitrogen and oxygen atoms in total. The van der Waals surface area contributed by atoms with Crippen molar-refractivity contribution in [2.45, 2.75) is 13.0 Å². The largest absolute Gasteiger partial charge is 0.330 e. The molecule has 0 amide bonds. The Morgan fingerprint density at radius 3 is 3.00 bits per heavy atom. The minimum Gasteiger partial charge on any atom is -0.330 e. The van der Waals surface area contributed by atoms with Crippen LogP contribution in [0.15, 0.2) is 30.7 Å². The molecule has 86 valence electrons. The molecule has 2 heterocycles. The number of pyridine rings is 1. The van der Waals surface area contributed by atoms with Crippen LogP contribution in [-0.4, -0.2) is 21.1 Å². The van der Waals surface area contributed by atoms with Crippen LogP contribution in [0.5, 0.6) is 0 Å². The molecule has 0 saturated carbocycles. The molecule has 2 rings (SSSR count). The van der Waals surface area contributed by atoms with Crippen LogP contribution >= 0.6 is 0 Å². The van der Waals surface area contributed by atoms with Crippen molar-refractivity contribution in [3.63, 3.8) is 0 Å². The Morgan fingerprint density at radius 1 is 1.35 bits per heavy atom. The van der Waals surface area contributed by atoms with Crippen molar-refractivity contribution in [2.24, 2.45) is 5.73 Å². The van der Waals surface area contributed by atoms with E-state index in [1.165, 1.54) is 0 Å². The summed E-state index contributed by atoms with van der Waals surface area (Å²) in [6.07, 6.45) is 6.07. The fourth-order valence-corrected chi connectivity index (χ4v) is 1.67. The van der Waals surface area contributed by atoms with Crippen LogP contribution in [0.4, 0.5) is 0 Å². The average molecular weight is 227 g/mol. The van der Waals surface area contributed by atoms with E-state index in [1.807, 2.05) is 22.9 Å². The van der Waals surface area contributed by atoms with Gasteiger partial charge in [-0.3, -0.25) is 0 Å². The molecule has 2 N–H and O–H groups in total. The molecule has 5 heteroatoms. The topological polar surface area (TPSA) is 80.5 Å². The molecular formula is C12H13N5. The molecule has 0 aliphatic rings. The zero-order valence-corrected chi connectivity index (χ0v) is 9.37. The van der Waals surface area contributed by atoms with Crippen molar-refractivity contribution in [1.82, 2.24) is 14.5 Å². The Kier molecular flexibility index (Phi) is 3.48. The monoisotopic (exact) mass is 227 g/mol. The Labute approximate surface area is 99.5 Å². The molecule has 0 spiro atoms. The van der Waals surface area contributed by atoms with Crippen LogP contribution in [-0.2, 0) is 13.0 Å². The Morgan fingerprint density at radius 2 is 2.24 bits per heavy atom. The Bertz CT molecular complexity index is 538. The molecule has 0 radical (unpaired) electrons. The van der Waals surface area contributed by atoms with Gasteiger partial charge in [-0.05, 0) is 24.2 Å². The zero-order chi connectivity index (χ0) is 12.1. The molecule has 0 fully saturated rings. The second-order valence-electron chi connectivity index (χ2n) is 3.67. The third kappa shape index (κ3) is 2.68. The minimum absolute atomic E-state index is 0.433. The smallest absolute Gasteiger partial charge is 0.140 e. The quantitative estimate of drug-likeness (QED) is 0.833. The van der Waals surface area contributed by atoms with Gasteiger partial charge in [0.2, 0.25) is 0 Å². The van der Waals surface area contributed by atoms with Crippen LogP contribution in [0.2, 0.25) is 0 Å². The van der Waals surface area contributed by atoms with E-state index in [0.717, 1.165) is 17.8 Å². The summed E-state index contributed by atoms with van der Waals surface area (Å²) in [4.78, 5) is 8.19. The SMILES string of the molecule is N#Cc1cc(Cn2ccnc2CCN)ccn1. The predicted molar refractivity (Wildman–Crippen MR) is 63.0 cm³/mol. The first-order chi connectivity index (χ1) is 8.33. The van der Waals surface area contributed by atoms with Gasteiger partial charge in [0.05, 0.1) is 0 Å². The molecule has 0 aromatic carbocycles. The third-order valence-corrected chi connectivity index (χ3v) is 2.46. The van der Waals surface area contributed by atoms with Crippen LogP contribution in [0.25, 0.3) is 0 Å². The normalized spacial score (nSPS) is 10.1. The maximum atomic E-state index is 8.78. The summed E-state index contributed by atoms with van der Waals surface area (Å²) in [6.45, 7) is 1.27. The molecule has 17 heavy (non-hydrogen) atoms. The summed E-state index contributed by atoms with van der Waals surface area (Å²) in [7, 11) is 0. The van der Waals surface area contributed by atoms with Gasteiger partial charge < -0.3 is 10.3 Å². The van der Waals surface area contributed by atoms with E-state index in [0.29, 0.717) is 18.8 Å². The zero-order valence-electron chi connectivity index (χ0n) is 9.37. The highest BCUT2D eigenvalue weighted by atomic mass is 15.1. The molecule has 0 aliphatic heterocycles. The van der Waals surface area contributed by atoms with Crippen molar-refractivity contribution in [3.05, 3.63) is 47.8 Å². The molecule has 0 unspecified atom stereocenters. The van der Waals surface area contributed by atoms with E-state index in [2.05, 4.69) is 9.97 Å². The minimum atomic E-state index is 0.433. The number of imidazole rings is 1. The summed E-state index contributed by atoms with van der Waals surface area (Å²) in [5.41, 5.74) is 6.99. The molecular weight excluding hydrogens is 214 g/mol. The highest BCUT2D eigenvalue weighted by Gasteiger charge is 2.03. The van der Waals surface area contributed by atoms with Gasteiger partial charge in [0.1, 0.15) is 17.6 Å². The fraction of sp³-hybridized carbons (Fsp3) is 0.250. The molecule has 0 saturated heterocycles. The summed E-state index contributed by atoms with van der Waals surface area (Å²) in [6, 6.07) is 5.71. The molecule has 0 atom stereocenters. The summed E-state index contributed by atoms with van der Waals surface area (Å²) in [5, 5.41) is 8.78. The summed E-state index contributed by atoms with van der Waals surface area (Å²) >= 11 is 0. The van der Waals surface area contributed by atoms with Crippen LogP contribution in [0.1, 0.15) is 17.1 Å². The highest BCUT2D eigenvalue weighted by Crippen LogP contribution is 2.06. The lowest BCUT2D eigenvalue weighted by atomic mass is 10.2. The van der Waals surface area contributed by atoms with Gasteiger partial charge in [0.25, 0.3) is 0 Å². The summed E-state index contributed by atoms with van der Waals surface area (Å²) in [5.74, 6) is 0.961. The predicted octanol–water partition coefficient (Wildman–Crippen LogP) is 0.699. The van der Waals surface area contributed by atoms with Gasteiger partial charge in [0.15, 0.2) is 0 Å². The maximum absolute atomic E-state index is 8.78. The second kappa shape index (κ2) is 5.23. The number of nitrogens with two attached hydrogens (primary N) is 1. The standard InChI is InChI=1S/C12H13N5/c13-3-1-12-16-5-6-17(12)9-10-2-4-15-11(7-10)8-14/h2,4-7H,1,3,9,13H2. The van der Waals surface area contributed by atoms with Gasteiger partial charge in [-0.1, -0.05) is 0 Å². The molecule has 2 aromatic heterocycles. The number of hydrogen-bond acceptors (Lipinski definition) is 4. The molecule has 0 bridgehead atoms. The number of rotatable bonds is 4. The van der Waals surface area contributed by atoms with E-state index < -0.39 is 0 Å². The van der Waals surface area contributed by atoms with E-state index in [1.54, 1.807) is 18.5 Å². The lowest BCUT2D eigenvalue weighted by molar-refractivity contribution is 0.715. The Balaban J connectivity index is 2.19. The van der Waals surface area contributed by atoms with Crippen LogP contribution in [0, 0.1) is 11.3 Å². The number of aromatic nitrogens is 3. The van der Waals surface area contributed by atoms with Gasteiger partial charge in [-0.25, -0.2) is 9.97 Å². The fourth-order valence-electron chi connectivity index (χ4n) is 1.67. The number of nitriles is 1. The van der Waals surface area contributed by atoms with E-state index >= 15 is 0 Å². The van der Waals surface area contributed by atoms with Crippen molar-refractivity contribution in [1.29, 1.82) is 5.26 Å². The van der Waals surface area contributed by atoms with E-state index in [4.69, 9.17) is 11.0 Å². The first-order valence-electron chi connectivity index (χ1n) is 5.38. The maximum Gasteiger partial charge on any atom is 0.140 e. The molecule has 2 aromatic rings. The van der Waals surface area contributed by atoms with Gasteiger partial charge >= 0.3 is 0 Å². The van der Waals surface area contributed by atoms with Crippen molar-refractivity contribution >= 4 is 0 Å². The van der Waals surface area contributed by atoms with Gasteiger partial charge in [-0.15, -0.1) is 0 Å². The van der Waals surface area contributed by atoms with Gasteiger partial charge in [0, 0.05) is 31.6 Å². The van der Waals surface area contributed by atoms with Crippen LogP contribution < -0.4 is 5.73 Å².